The molecule has 150 valence electrons. The minimum Gasteiger partial charge on any atom is -0.480 e. The number of rotatable bonds is 6. The van der Waals surface area contributed by atoms with Gasteiger partial charge in [0.1, 0.15) is 12.1 Å². The van der Waals surface area contributed by atoms with Crippen LogP contribution >= 0.6 is 11.8 Å². The summed E-state index contributed by atoms with van der Waals surface area (Å²) < 4.78 is 0. The second-order valence-electron chi connectivity index (χ2n) is 6.94. The van der Waals surface area contributed by atoms with Crippen LogP contribution in [0.15, 0.2) is 30.3 Å². The summed E-state index contributed by atoms with van der Waals surface area (Å²) in [5, 5.41) is 14.2. The zero-order valence-corrected chi connectivity index (χ0v) is 16.4. The molecule has 9 heteroatoms. The van der Waals surface area contributed by atoms with E-state index in [1.165, 1.54) is 11.9 Å². The number of carbonyl (C=O) groups excluding carboxylic acids is 3. The lowest BCUT2D eigenvalue weighted by molar-refractivity contribution is -0.165. The van der Waals surface area contributed by atoms with Crippen molar-refractivity contribution in [3.05, 3.63) is 35.9 Å². The number of hydrogen-bond acceptors (Lipinski definition) is 6. The molecule has 1 aromatic rings. The van der Waals surface area contributed by atoms with Gasteiger partial charge >= 0.3 is 5.97 Å². The number of aliphatic carboxylic acids is 1. The van der Waals surface area contributed by atoms with Gasteiger partial charge in [-0.25, -0.2) is 9.80 Å². The molecule has 2 N–H and O–H groups in total. The molecule has 2 fully saturated rings. The quantitative estimate of drug-likeness (QED) is 0.716. The van der Waals surface area contributed by atoms with Gasteiger partial charge in [0, 0.05) is 20.0 Å². The molecule has 2 amide bonds. The minimum absolute atomic E-state index is 0.180. The van der Waals surface area contributed by atoms with Gasteiger partial charge in [0.2, 0.25) is 5.91 Å². The number of fused-ring (bicyclic) bond motifs is 1. The number of nitrogens with zero attached hydrogens (tertiary/aromatic N) is 2. The lowest BCUT2D eigenvalue weighted by atomic mass is 10.1. The normalized spacial score (nSPS) is 23.2. The Kier molecular flexibility index (Phi) is 6.35. The molecule has 0 bridgehead atoms. The van der Waals surface area contributed by atoms with Crippen LogP contribution in [0.3, 0.4) is 0 Å². The van der Waals surface area contributed by atoms with Crippen molar-refractivity contribution in [1.82, 2.24) is 15.3 Å². The molecule has 2 saturated heterocycles. The van der Waals surface area contributed by atoms with E-state index in [1.54, 1.807) is 5.01 Å². The van der Waals surface area contributed by atoms with Crippen LogP contribution in [0, 0.1) is 0 Å². The van der Waals surface area contributed by atoms with E-state index in [2.05, 4.69) is 5.32 Å². The summed E-state index contributed by atoms with van der Waals surface area (Å²) in [7, 11) is 0. The summed E-state index contributed by atoms with van der Waals surface area (Å²) in [5.41, 5.74) is 0.918. The molecule has 28 heavy (non-hydrogen) atoms. The lowest BCUT2D eigenvalue weighted by Crippen LogP contribution is -2.54. The molecule has 8 nitrogen and oxygen atoms in total. The third-order valence-electron chi connectivity index (χ3n) is 4.88. The van der Waals surface area contributed by atoms with Crippen LogP contribution in [0.2, 0.25) is 0 Å². The van der Waals surface area contributed by atoms with Crippen LogP contribution in [-0.2, 0) is 25.6 Å². The first-order valence-electron chi connectivity index (χ1n) is 9.19. The van der Waals surface area contributed by atoms with Crippen LogP contribution in [0.4, 0.5) is 0 Å². The second kappa shape index (κ2) is 8.74. The molecular weight excluding hydrogens is 382 g/mol. The Labute approximate surface area is 167 Å². The molecule has 2 aliphatic rings. The van der Waals surface area contributed by atoms with E-state index in [9.17, 15) is 24.3 Å². The van der Waals surface area contributed by atoms with E-state index in [1.807, 2.05) is 30.3 Å². The van der Waals surface area contributed by atoms with Crippen LogP contribution in [-0.4, -0.2) is 68.4 Å². The van der Waals surface area contributed by atoms with Gasteiger partial charge in [0.15, 0.2) is 5.12 Å². The van der Waals surface area contributed by atoms with Gasteiger partial charge < -0.3 is 10.4 Å². The molecule has 0 radical (unpaired) electrons. The maximum Gasteiger partial charge on any atom is 0.328 e. The lowest BCUT2D eigenvalue weighted by Gasteiger charge is -2.36. The first-order valence-corrected chi connectivity index (χ1v) is 10.1. The predicted molar refractivity (Wildman–Crippen MR) is 103 cm³/mol. The van der Waals surface area contributed by atoms with Crippen LogP contribution < -0.4 is 5.32 Å². The average Bonchev–Trinajstić information content (AvgIpc) is 2.97. The number of hydrogen-bond donors (Lipinski definition) is 2. The number of nitrogens with one attached hydrogen (secondary N) is 1. The Morgan fingerprint density at radius 3 is 2.64 bits per heavy atom. The fourth-order valence-electron chi connectivity index (χ4n) is 3.63. The summed E-state index contributed by atoms with van der Waals surface area (Å²) in [5.74, 6) is -1.85. The summed E-state index contributed by atoms with van der Waals surface area (Å²) in [6.45, 7) is 2.23. The summed E-state index contributed by atoms with van der Waals surface area (Å²) in [6.07, 6.45) is 1.44. The largest absolute Gasteiger partial charge is 0.480 e. The molecular formula is C19H23N3O5S. The molecule has 2 aliphatic heterocycles. The summed E-state index contributed by atoms with van der Waals surface area (Å²) >= 11 is 0.934. The van der Waals surface area contributed by atoms with Crippen molar-refractivity contribution in [3.8, 4) is 0 Å². The van der Waals surface area contributed by atoms with Crippen molar-refractivity contribution in [3.63, 3.8) is 0 Å². The molecule has 0 spiro atoms. The number of hydrazine groups is 1. The highest BCUT2D eigenvalue weighted by molar-refractivity contribution is 8.14. The maximum atomic E-state index is 12.8. The van der Waals surface area contributed by atoms with Gasteiger partial charge in [-0.15, -0.1) is 0 Å². The van der Waals surface area contributed by atoms with E-state index >= 15 is 0 Å². The molecule has 0 aliphatic carbocycles. The summed E-state index contributed by atoms with van der Waals surface area (Å²) in [4.78, 5) is 48.6. The zero-order chi connectivity index (χ0) is 20.3. The van der Waals surface area contributed by atoms with E-state index < -0.39 is 35.1 Å². The number of carboxylic acid groups (broad SMARTS) is 1. The fraction of sp³-hybridized carbons (Fsp3) is 0.474. The van der Waals surface area contributed by atoms with Gasteiger partial charge in [-0.1, -0.05) is 42.1 Å². The smallest absolute Gasteiger partial charge is 0.328 e. The van der Waals surface area contributed by atoms with E-state index in [0.717, 1.165) is 17.3 Å². The zero-order valence-electron chi connectivity index (χ0n) is 15.5. The fourth-order valence-corrected chi connectivity index (χ4v) is 4.48. The van der Waals surface area contributed by atoms with E-state index in [4.69, 9.17) is 0 Å². The first-order chi connectivity index (χ1) is 13.4. The molecule has 1 aromatic carbocycles. The van der Waals surface area contributed by atoms with Crippen molar-refractivity contribution in [2.75, 3.05) is 13.1 Å². The van der Waals surface area contributed by atoms with Crippen molar-refractivity contribution >= 4 is 34.7 Å². The van der Waals surface area contributed by atoms with E-state index in [0.29, 0.717) is 25.8 Å². The SMILES string of the molecule is CC(=O)S[C@@H](Cc1ccccc1)C(=O)NC1CN2CCC[C@@H](C(=O)O)N2C1=O. The standard InChI is InChI=1S/C19H23N3O5S/c1-12(23)28-16(10-13-6-3-2-4-7-13)17(24)20-14-11-21-9-5-8-15(19(26)27)22(21)18(14)25/h2-4,6-7,14-16H,5,8-11H2,1H3,(H,20,24)(H,26,27)/t14?,15-,16-/m0/s1. The van der Waals surface area contributed by atoms with Crippen LogP contribution in [0.5, 0.6) is 0 Å². The Morgan fingerprint density at radius 2 is 2.00 bits per heavy atom. The molecule has 0 aromatic heterocycles. The number of carbonyl (C=O) groups is 4. The predicted octanol–water partition coefficient (Wildman–Crippen LogP) is 0.668. The highest BCUT2D eigenvalue weighted by Crippen LogP contribution is 2.25. The minimum atomic E-state index is -1.04. The second-order valence-corrected chi connectivity index (χ2v) is 8.32. The van der Waals surface area contributed by atoms with Crippen molar-refractivity contribution in [1.29, 1.82) is 0 Å². The maximum absolute atomic E-state index is 12.8. The van der Waals surface area contributed by atoms with Crippen molar-refractivity contribution in [2.24, 2.45) is 0 Å². The number of amides is 2. The molecule has 3 atom stereocenters. The highest BCUT2D eigenvalue weighted by atomic mass is 32.2. The average molecular weight is 405 g/mol. The topological polar surface area (TPSA) is 107 Å². The number of thioether (sulfide) groups is 1. The first kappa shape index (κ1) is 20.3. The van der Waals surface area contributed by atoms with Crippen molar-refractivity contribution in [2.45, 2.75) is 43.5 Å². The summed E-state index contributed by atoms with van der Waals surface area (Å²) in [6, 6.07) is 7.66. The third kappa shape index (κ3) is 4.53. The van der Waals surface area contributed by atoms with Gasteiger partial charge in [-0.3, -0.25) is 19.4 Å². The van der Waals surface area contributed by atoms with Crippen LogP contribution in [0.25, 0.3) is 0 Å². The highest BCUT2D eigenvalue weighted by Gasteiger charge is 2.47. The monoisotopic (exact) mass is 405 g/mol. The Balaban J connectivity index is 1.70. The Hall–Kier alpha value is -2.39. The van der Waals surface area contributed by atoms with E-state index in [-0.39, 0.29) is 11.7 Å². The number of benzene rings is 1. The van der Waals surface area contributed by atoms with Crippen molar-refractivity contribution < 1.29 is 24.3 Å². The molecule has 1 unspecified atom stereocenters. The Bertz CT molecular complexity index is 772. The van der Waals surface area contributed by atoms with Gasteiger partial charge in [0.05, 0.1) is 5.25 Å². The third-order valence-corrected chi connectivity index (χ3v) is 5.87. The number of carboxylic acids is 1. The molecule has 0 saturated carbocycles. The van der Waals surface area contributed by atoms with Crippen LogP contribution in [0.1, 0.15) is 25.3 Å². The van der Waals surface area contributed by atoms with Gasteiger partial charge in [-0.2, -0.15) is 0 Å². The molecule has 3 rings (SSSR count). The molecule has 2 heterocycles. The van der Waals surface area contributed by atoms with Gasteiger partial charge in [0.25, 0.3) is 5.91 Å². The Morgan fingerprint density at radius 1 is 1.29 bits per heavy atom. The van der Waals surface area contributed by atoms with Gasteiger partial charge in [-0.05, 0) is 24.8 Å².